The van der Waals surface area contributed by atoms with E-state index in [2.05, 4.69) is 10.2 Å². The van der Waals surface area contributed by atoms with E-state index in [9.17, 15) is 4.79 Å². The smallest absolute Gasteiger partial charge is 0.276 e. The van der Waals surface area contributed by atoms with Crippen molar-refractivity contribution in [3.05, 3.63) is 11.4 Å². The number of amides is 1. The first-order valence-electron chi connectivity index (χ1n) is 6.82. The molecule has 2 heterocycles. The van der Waals surface area contributed by atoms with Gasteiger partial charge in [0.25, 0.3) is 5.91 Å². The lowest BCUT2D eigenvalue weighted by Crippen LogP contribution is -2.52. The molecule has 1 aliphatic rings. The van der Waals surface area contributed by atoms with Crippen LogP contribution in [0, 0.1) is 0 Å². The number of rotatable bonds is 3. The molecule has 112 valence electrons. The molecular weight excluding hydrogens is 260 g/mol. The summed E-state index contributed by atoms with van der Waals surface area (Å²) in [6.07, 6.45) is -0.347. The minimum atomic E-state index is -0.347. The van der Waals surface area contributed by atoms with E-state index < -0.39 is 0 Å². The Morgan fingerprint density at radius 3 is 2.90 bits per heavy atom. The highest BCUT2D eigenvalue weighted by Crippen LogP contribution is 2.24. The summed E-state index contributed by atoms with van der Waals surface area (Å²) in [5.41, 5.74) is 7.43. The number of aromatic amines is 1. The number of aromatic nitrogens is 2. The molecule has 4 N–H and O–H groups in total. The Hall–Kier alpha value is -1.60. The number of nitrogens with zero attached hydrogens (tertiary/aromatic N) is 2. The van der Waals surface area contributed by atoms with E-state index in [1.165, 1.54) is 0 Å². The number of hydrogen-bond donors (Lipinski definition) is 3. The van der Waals surface area contributed by atoms with Crippen molar-refractivity contribution in [2.45, 2.75) is 38.8 Å². The van der Waals surface area contributed by atoms with Gasteiger partial charge in [-0.2, -0.15) is 5.10 Å². The minimum Gasteiger partial charge on any atom is -0.395 e. The maximum atomic E-state index is 12.6. The Labute approximate surface area is 118 Å². The average molecular weight is 282 g/mol. The number of anilines is 1. The van der Waals surface area contributed by atoms with Crippen LogP contribution in [0.4, 0.5) is 5.69 Å². The summed E-state index contributed by atoms with van der Waals surface area (Å²) in [6.45, 7) is 6.51. The van der Waals surface area contributed by atoms with Crippen LogP contribution in [-0.4, -0.2) is 58.0 Å². The first-order chi connectivity index (χ1) is 9.45. The van der Waals surface area contributed by atoms with Crippen molar-refractivity contribution in [3.63, 3.8) is 0 Å². The van der Waals surface area contributed by atoms with Gasteiger partial charge in [-0.25, -0.2) is 0 Å². The molecule has 1 aromatic heterocycles. The molecule has 1 fully saturated rings. The van der Waals surface area contributed by atoms with Crippen LogP contribution in [0.25, 0.3) is 0 Å². The number of aliphatic hydroxyl groups excluding tert-OH is 1. The Balaban J connectivity index is 2.22. The van der Waals surface area contributed by atoms with Crippen LogP contribution in [0.2, 0.25) is 0 Å². The number of H-pyrrole nitrogens is 1. The molecule has 1 aliphatic heterocycles. The molecule has 7 heteroatoms. The second kappa shape index (κ2) is 5.80. The fraction of sp³-hybridized carbons (Fsp3) is 0.692. The molecule has 20 heavy (non-hydrogen) atoms. The van der Waals surface area contributed by atoms with Gasteiger partial charge in [-0.3, -0.25) is 9.89 Å². The Kier molecular flexibility index (Phi) is 4.29. The van der Waals surface area contributed by atoms with Crippen LogP contribution in [-0.2, 0) is 4.74 Å². The van der Waals surface area contributed by atoms with E-state index in [1.807, 2.05) is 20.8 Å². The molecule has 2 rings (SSSR count). The summed E-state index contributed by atoms with van der Waals surface area (Å²) in [6, 6.07) is -0.0658. The van der Waals surface area contributed by atoms with E-state index >= 15 is 0 Å². The van der Waals surface area contributed by atoms with Gasteiger partial charge >= 0.3 is 0 Å². The number of ether oxygens (including phenoxy) is 1. The van der Waals surface area contributed by atoms with Gasteiger partial charge in [-0.1, -0.05) is 13.8 Å². The molecule has 1 aromatic rings. The number of hydrogen-bond acceptors (Lipinski definition) is 5. The van der Waals surface area contributed by atoms with Crippen LogP contribution >= 0.6 is 0 Å². The Morgan fingerprint density at radius 2 is 2.35 bits per heavy atom. The monoisotopic (exact) mass is 282 g/mol. The fourth-order valence-electron chi connectivity index (χ4n) is 2.31. The van der Waals surface area contributed by atoms with Crippen LogP contribution < -0.4 is 5.73 Å². The summed E-state index contributed by atoms with van der Waals surface area (Å²) in [7, 11) is 0. The molecule has 0 spiro atoms. The zero-order valence-corrected chi connectivity index (χ0v) is 12.1. The highest BCUT2D eigenvalue weighted by atomic mass is 16.5. The molecule has 2 unspecified atom stereocenters. The highest BCUT2D eigenvalue weighted by Gasteiger charge is 2.32. The average Bonchev–Trinajstić information content (AvgIpc) is 2.80. The maximum absolute atomic E-state index is 12.6. The van der Waals surface area contributed by atoms with E-state index in [-0.39, 0.29) is 36.3 Å². The van der Waals surface area contributed by atoms with Crippen molar-refractivity contribution < 1.29 is 14.6 Å². The van der Waals surface area contributed by atoms with Gasteiger partial charge < -0.3 is 20.5 Å². The van der Waals surface area contributed by atoms with Crippen molar-refractivity contribution in [1.29, 1.82) is 0 Å². The molecular formula is C13H22N4O3. The van der Waals surface area contributed by atoms with Crippen molar-refractivity contribution in [3.8, 4) is 0 Å². The van der Waals surface area contributed by atoms with Crippen molar-refractivity contribution in [2.24, 2.45) is 0 Å². The van der Waals surface area contributed by atoms with Crippen LogP contribution in [0.1, 0.15) is 42.9 Å². The van der Waals surface area contributed by atoms with Gasteiger partial charge in [-0.05, 0) is 12.8 Å². The topological polar surface area (TPSA) is 104 Å². The minimum absolute atomic E-state index is 0.0658. The number of carbonyl (C=O) groups is 1. The lowest BCUT2D eigenvalue weighted by molar-refractivity contribution is -0.0668. The number of nitrogen functional groups attached to an aromatic ring is 1. The fourth-order valence-corrected chi connectivity index (χ4v) is 2.31. The van der Waals surface area contributed by atoms with Gasteiger partial charge in [0.1, 0.15) is 0 Å². The van der Waals surface area contributed by atoms with Crippen LogP contribution in [0.15, 0.2) is 0 Å². The van der Waals surface area contributed by atoms with Crippen molar-refractivity contribution >= 4 is 11.6 Å². The number of carbonyl (C=O) groups excluding carboxylic acids is 1. The third-order valence-corrected chi connectivity index (χ3v) is 3.58. The van der Waals surface area contributed by atoms with E-state index in [0.29, 0.717) is 18.8 Å². The summed E-state index contributed by atoms with van der Waals surface area (Å²) in [5, 5.41) is 16.1. The summed E-state index contributed by atoms with van der Waals surface area (Å²) < 4.78 is 5.43. The van der Waals surface area contributed by atoms with Gasteiger partial charge in [0, 0.05) is 6.54 Å². The van der Waals surface area contributed by atoms with Crippen molar-refractivity contribution in [2.75, 3.05) is 25.5 Å². The molecule has 0 radical (unpaired) electrons. The van der Waals surface area contributed by atoms with Crippen molar-refractivity contribution in [1.82, 2.24) is 15.1 Å². The summed E-state index contributed by atoms with van der Waals surface area (Å²) >= 11 is 0. The second-order valence-electron chi connectivity index (χ2n) is 5.50. The largest absolute Gasteiger partial charge is 0.395 e. The van der Waals surface area contributed by atoms with Gasteiger partial charge in [0.15, 0.2) is 5.69 Å². The number of nitrogens with one attached hydrogen (secondary N) is 1. The van der Waals surface area contributed by atoms with Crippen LogP contribution in [0.3, 0.4) is 0 Å². The maximum Gasteiger partial charge on any atom is 0.276 e. The molecule has 1 amide bonds. The SMILES string of the molecule is CC(C)c1[nH]nc(C(=O)N2CC(CO)OCC2C)c1N. The predicted octanol–water partition coefficient (Wildman–Crippen LogP) is 0.337. The highest BCUT2D eigenvalue weighted by molar-refractivity contribution is 5.98. The number of aliphatic hydroxyl groups is 1. The third-order valence-electron chi connectivity index (χ3n) is 3.58. The third kappa shape index (κ3) is 2.64. The first kappa shape index (κ1) is 14.8. The summed E-state index contributed by atoms with van der Waals surface area (Å²) in [4.78, 5) is 14.2. The van der Waals surface area contributed by atoms with E-state index in [1.54, 1.807) is 4.90 Å². The predicted molar refractivity (Wildman–Crippen MR) is 74.4 cm³/mol. The normalized spacial score (nSPS) is 23.4. The van der Waals surface area contributed by atoms with E-state index in [4.69, 9.17) is 15.6 Å². The van der Waals surface area contributed by atoms with Gasteiger partial charge in [-0.15, -0.1) is 0 Å². The lowest BCUT2D eigenvalue weighted by atomic mass is 10.1. The lowest BCUT2D eigenvalue weighted by Gasteiger charge is -2.37. The molecule has 0 aromatic carbocycles. The molecule has 0 aliphatic carbocycles. The molecule has 7 nitrogen and oxygen atoms in total. The molecule has 0 bridgehead atoms. The second-order valence-corrected chi connectivity index (χ2v) is 5.50. The first-order valence-corrected chi connectivity index (χ1v) is 6.82. The standard InChI is InChI=1S/C13H22N4O3/c1-7(2)11-10(14)12(16-15-11)13(19)17-4-9(5-18)20-6-8(17)3/h7-9,18H,4-6,14H2,1-3H3,(H,15,16). The van der Waals surface area contributed by atoms with Gasteiger partial charge in [0.05, 0.1) is 36.7 Å². The van der Waals surface area contributed by atoms with Crippen LogP contribution in [0.5, 0.6) is 0 Å². The zero-order valence-electron chi connectivity index (χ0n) is 12.1. The molecule has 0 saturated carbocycles. The van der Waals surface area contributed by atoms with Gasteiger partial charge in [0.2, 0.25) is 0 Å². The van der Waals surface area contributed by atoms with E-state index in [0.717, 1.165) is 5.69 Å². The zero-order chi connectivity index (χ0) is 14.9. The Bertz CT molecular complexity index is 486. The Morgan fingerprint density at radius 1 is 1.65 bits per heavy atom. The molecule has 2 atom stereocenters. The molecule has 1 saturated heterocycles. The summed E-state index contributed by atoms with van der Waals surface area (Å²) in [5.74, 6) is -0.0451. The number of morpholine rings is 1. The quantitative estimate of drug-likeness (QED) is 0.741. The number of nitrogens with two attached hydrogens (primary N) is 1.